The maximum absolute atomic E-state index is 9.94. The molecule has 0 aromatic heterocycles. The molecule has 2 N–H and O–H groups in total. The second-order valence-corrected chi connectivity index (χ2v) is 3.02. The molecule has 0 saturated carbocycles. The van der Waals surface area contributed by atoms with Crippen molar-refractivity contribution in [2.45, 2.75) is 51.2 Å². The third-order valence-corrected chi connectivity index (χ3v) is 1.85. The van der Waals surface area contributed by atoms with E-state index in [4.69, 9.17) is 0 Å². The highest BCUT2D eigenvalue weighted by molar-refractivity contribution is 5.48. The van der Waals surface area contributed by atoms with Crippen molar-refractivity contribution in [2.75, 3.05) is 0 Å². The number of aldehydes is 1. The van der Waals surface area contributed by atoms with Gasteiger partial charge in [-0.3, -0.25) is 0 Å². The van der Waals surface area contributed by atoms with Gasteiger partial charge in [-0.1, -0.05) is 13.3 Å². The van der Waals surface area contributed by atoms with Crippen LogP contribution in [0, 0.1) is 0 Å². The van der Waals surface area contributed by atoms with E-state index in [1.165, 1.54) is 0 Å². The van der Waals surface area contributed by atoms with Crippen LogP contribution in [0.2, 0.25) is 0 Å². The van der Waals surface area contributed by atoms with Crippen LogP contribution in [0.5, 0.6) is 0 Å². The summed E-state index contributed by atoms with van der Waals surface area (Å²) in [5.74, 6) is 0. The third kappa shape index (κ3) is 5.27. The zero-order chi connectivity index (χ0) is 9.40. The predicted molar refractivity (Wildman–Crippen MR) is 46.8 cm³/mol. The van der Waals surface area contributed by atoms with Gasteiger partial charge < -0.3 is 15.0 Å². The minimum absolute atomic E-state index is 0.468. The molecule has 0 aromatic carbocycles. The van der Waals surface area contributed by atoms with Crippen molar-refractivity contribution >= 4 is 6.29 Å². The second-order valence-electron chi connectivity index (χ2n) is 3.02. The van der Waals surface area contributed by atoms with Crippen molar-refractivity contribution in [3.05, 3.63) is 0 Å². The molecular weight excluding hydrogens is 156 g/mol. The molecule has 3 heteroatoms. The van der Waals surface area contributed by atoms with Gasteiger partial charge in [0, 0.05) is 6.42 Å². The van der Waals surface area contributed by atoms with E-state index < -0.39 is 12.2 Å². The normalized spacial score (nSPS) is 15.6. The summed E-state index contributed by atoms with van der Waals surface area (Å²) >= 11 is 0. The Balaban J connectivity index is 3.41. The number of hydrogen-bond acceptors (Lipinski definition) is 3. The number of unbranched alkanes of at least 4 members (excludes halogenated alkanes) is 1. The van der Waals surface area contributed by atoms with E-state index in [2.05, 4.69) is 0 Å². The lowest BCUT2D eigenvalue weighted by molar-refractivity contribution is -0.108. The highest BCUT2D eigenvalue weighted by Gasteiger charge is 2.13. The maximum Gasteiger partial charge on any atom is 0.119 e. The number of aliphatic hydroxyl groups excluding tert-OH is 2. The number of hydrogen-bond donors (Lipinski definition) is 2. The molecule has 0 aliphatic heterocycles. The first-order valence-corrected chi connectivity index (χ1v) is 4.52. The van der Waals surface area contributed by atoms with Gasteiger partial charge in [0.05, 0.1) is 12.2 Å². The average molecular weight is 174 g/mol. The summed E-state index contributed by atoms with van der Waals surface area (Å²) < 4.78 is 0. The van der Waals surface area contributed by atoms with E-state index in [1.807, 2.05) is 6.92 Å². The Morgan fingerprint density at radius 1 is 1.25 bits per heavy atom. The van der Waals surface area contributed by atoms with Crippen LogP contribution >= 0.6 is 0 Å². The molecule has 12 heavy (non-hydrogen) atoms. The average Bonchev–Trinajstić information content (AvgIpc) is 2.05. The molecule has 3 nitrogen and oxygen atoms in total. The minimum atomic E-state index is -0.662. The van der Waals surface area contributed by atoms with Crippen molar-refractivity contribution in [1.29, 1.82) is 0 Å². The highest BCUT2D eigenvalue weighted by Crippen LogP contribution is 2.08. The maximum atomic E-state index is 9.94. The van der Waals surface area contributed by atoms with Gasteiger partial charge in [-0.2, -0.15) is 0 Å². The van der Waals surface area contributed by atoms with Gasteiger partial charge in [0.25, 0.3) is 0 Å². The molecule has 2 atom stereocenters. The van der Waals surface area contributed by atoms with E-state index >= 15 is 0 Å². The first kappa shape index (κ1) is 11.6. The quantitative estimate of drug-likeness (QED) is 0.445. The van der Waals surface area contributed by atoms with Crippen molar-refractivity contribution in [2.24, 2.45) is 0 Å². The molecule has 0 aromatic rings. The van der Waals surface area contributed by atoms with Crippen LogP contribution < -0.4 is 0 Å². The number of carbonyl (C=O) groups is 1. The van der Waals surface area contributed by atoms with Crippen molar-refractivity contribution < 1.29 is 15.0 Å². The second kappa shape index (κ2) is 7.25. The van der Waals surface area contributed by atoms with Crippen LogP contribution in [0.25, 0.3) is 0 Å². The van der Waals surface area contributed by atoms with Crippen molar-refractivity contribution in [3.63, 3.8) is 0 Å². The van der Waals surface area contributed by atoms with Gasteiger partial charge >= 0.3 is 0 Å². The largest absolute Gasteiger partial charge is 0.390 e. The fourth-order valence-corrected chi connectivity index (χ4v) is 1.09. The number of rotatable bonds is 7. The summed E-state index contributed by atoms with van der Waals surface area (Å²) in [7, 11) is 0. The summed E-state index contributed by atoms with van der Waals surface area (Å²) in [6.07, 6.45) is 2.68. The molecule has 0 aliphatic rings. The van der Waals surface area contributed by atoms with E-state index in [9.17, 15) is 15.0 Å². The van der Waals surface area contributed by atoms with Gasteiger partial charge in [-0.15, -0.1) is 0 Å². The Bertz CT molecular complexity index is 114. The van der Waals surface area contributed by atoms with Crippen LogP contribution in [0.1, 0.15) is 39.0 Å². The molecule has 0 heterocycles. The first-order valence-electron chi connectivity index (χ1n) is 4.52. The molecule has 0 saturated heterocycles. The Morgan fingerprint density at radius 3 is 2.33 bits per heavy atom. The molecule has 2 unspecified atom stereocenters. The molecule has 0 amide bonds. The van der Waals surface area contributed by atoms with Crippen LogP contribution in [0.15, 0.2) is 0 Å². The molecule has 0 spiro atoms. The SMILES string of the molecule is CCCC(O)C(O)CCCC=O. The Labute approximate surface area is 73.4 Å². The molecule has 0 rings (SSSR count). The zero-order valence-corrected chi connectivity index (χ0v) is 7.57. The van der Waals surface area contributed by atoms with E-state index in [0.717, 1.165) is 12.7 Å². The van der Waals surface area contributed by atoms with E-state index in [1.54, 1.807) is 0 Å². The van der Waals surface area contributed by atoms with Crippen LogP contribution in [-0.2, 0) is 4.79 Å². The summed E-state index contributed by atoms with van der Waals surface area (Å²) in [6.45, 7) is 1.96. The monoisotopic (exact) mass is 174 g/mol. The van der Waals surface area contributed by atoms with Crippen molar-refractivity contribution in [1.82, 2.24) is 0 Å². The summed E-state index contributed by atoms with van der Waals surface area (Å²) in [5, 5.41) is 18.6. The highest BCUT2D eigenvalue weighted by atomic mass is 16.3. The van der Waals surface area contributed by atoms with Gasteiger partial charge in [0.2, 0.25) is 0 Å². The minimum Gasteiger partial charge on any atom is -0.390 e. The van der Waals surface area contributed by atoms with Gasteiger partial charge in [-0.05, 0) is 19.3 Å². The lowest BCUT2D eigenvalue weighted by Gasteiger charge is -2.16. The van der Waals surface area contributed by atoms with Gasteiger partial charge in [-0.25, -0.2) is 0 Å². The fourth-order valence-electron chi connectivity index (χ4n) is 1.09. The summed E-state index contributed by atoms with van der Waals surface area (Å²) in [5.41, 5.74) is 0. The summed E-state index contributed by atoms with van der Waals surface area (Å²) in [4.78, 5) is 9.94. The lowest BCUT2D eigenvalue weighted by atomic mass is 10.0. The van der Waals surface area contributed by atoms with Crippen molar-refractivity contribution in [3.8, 4) is 0 Å². The fraction of sp³-hybridized carbons (Fsp3) is 0.889. The van der Waals surface area contributed by atoms with Crippen LogP contribution in [0.4, 0.5) is 0 Å². The molecule has 0 fully saturated rings. The number of aliphatic hydroxyl groups is 2. The molecule has 0 bridgehead atoms. The molecular formula is C9H18O3. The van der Waals surface area contributed by atoms with E-state index in [-0.39, 0.29) is 0 Å². The van der Waals surface area contributed by atoms with Crippen LogP contribution in [-0.4, -0.2) is 28.7 Å². The Morgan fingerprint density at radius 2 is 1.83 bits per heavy atom. The number of carbonyl (C=O) groups excluding carboxylic acids is 1. The molecule has 72 valence electrons. The first-order chi connectivity index (χ1) is 5.72. The Hall–Kier alpha value is -0.410. The van der Waals surface area contributed by atoms with E-state index in [0.29, 0.717) is 25.7 Å². The van der Waals surface area contributed by atoms with Gasteiger partial charge in [0.15, 0.2) is 0 Å². The van der Waals surface area contributed by atoms with Gasteiger partial charge in [0.1, 0.15) is 6.29 Å². The smallest absolute Gasteiger partial charge is 0.119 e. The van der Waals surface area contributed by atoms with Crippen LogP contribution in [0.3, 0.4) is 0 Å². The predicted octanol–water partition coefficient (Wildman–Crippen LogP) is 0.878. The standard InChI is InChI=1S/C9H18O3/c1-2-5-8(11)9(12)6-3-4-7-10/h7-9,11-12H,2-6H2,1H3. The third-order valence-electron chi connectivity index (χ3n) is 1.85. The lowest BCUT2D eigenvalue weighted by Crippen LogP contribution is -2.25. The summed E-state index contributed by atoms with van der Waals surface area (Å²) in [6, 6.07) is 0. The molecule has 0 aliphatic carbocycles. The zero-order valence-electron chi connectivity index (χ0n) is 7.57. The topological polar surface area (TPSA) is 57.5 Å². The Kier molecular flexibility index (Phi) is 7.00. The molecule has 0 radical (unpaired) electrons.